The van der Waals surface area contributed by atoms with Crippen molar-refractivity contribution < 1.29 is 9.53 Å². The Morgan fingerprint density at radius 1 is 1.53 bits per heavy atom. The van der Waals surface area contributed by atoms with Crippen LogP contribution in [0.15, 0.2) is 35.1 Å². The molecule has 0 amide bonds. The number of anilines is 1. The zero-order valence-electron chi connectivity index (χ0n) is 10.5. The van der Waals surface area contributed by atoms with E-state index in [0.717, 1.165) is 10.0 Å². The van der Waals surface area contributed by atoms with E-state index in [0.29, 0.717) is 24.4 Å². The lowest BCUT2D eigenvalue weighted by molar-refractivity contribution is 0.0526. The summed E-state index contributed by atoms with van der Waals surface area (Å²) in [5.41, 5.74) is 7.99. The lowest BCUT2D eigenvalue weighted by atomic mass is 10.2. The maximum Gasteiger partial charge on any atom is 0.341 e. The maximum absolute atomic E-state index is 11.5. The van der Waals surface area contributed by atoms with E-state index >= 15 is 0 Å². The third kappa shape index (κ3) is 3.35. The predicted octanol–water partition coefficient (Wildman–Crippen LogP) is 2.45. The Morgan fingerprint density at radius 2 is 2.32 bits per heavy atom. The highest BCUT2D eigenvalue weighted by Gasteiger charge is 2.10. The molecular formula is C13H14BrN3O2. The molecule has 0 aliphatic carbocycles. The Balaban J connectivity index is 2.13. The van der Waals surface area contributed by atoms with Crippen molar-refractivity contribution in [3.8, 4) is 0 Å². The quantitative estimate of drug-likeness (QED) is 0.693. The Hall–Kier alpha value is -1.82. The number of carbonyl (C=O) groups excluding carboxylic acids is 1. The van der Waals surface area contributed by atoms with Gasteiger partial charge in [0, 0.05) is 16.4 Å². The maximum atomic E-state index is 11.5. The fraction of sp³-hybridized carbons (Fsp3) is 0.231. The molecule has 0 aliphatic heterocycles. The van der Waals surface area contributed by atoms with Gasteiger partial charge in [-0.15, -0.1) is 0 Å². The van der Waals surface area contributed by atoms with Crippen LogP contribution in [0, 0.1) is 0 Å². The molecule has 0 fully saturated rings. The van der Waals surface area contributed by atoms with E-state index in [2.05, 4.69) is 21.0 Å². The predicted molar refractivity (Wildman–Crippen MR) is 75.8 cm³/mol. The smallest absolute Gasteiger partial charge is 0.341 e. The van der Waals surface area contributed by atoms with Crippen LogP contribution in [0.3, 0.4) is 0 Å². The van der Waals surface area contributed by atoms with Gasteiger partial charge in [-0.3, -0.25) is 4.68 Å². The number of esters is 1. The molecule has 0 saturated heterocycles. The normalized spacial score (nSPS) is 10.4. The highest BCUT2D eigenvalue weighted by Crippen LogP contribution is 2.19. The molecule has 2 N–H and O–H groups in total. The number of nitrogen functional groups attached to an aromatic ring is 1. The summed E-state index contributed by atoms with van der Waals surface area (Å²) in [4.78, 5) is 11.5. The molecule has 1 aromatic carbocycles. The summed E-state index contributed by atoms with van der Waals surface area (Å²) in [5, 5.41) is 4.13. The number of carbonyl (C=O) groups is 1. The largest absolute Gasteiger partial charge is 0.462 e. The second-order valence-electron chi connectivity index (χ2n) is 3.99. The summed E-state index contributed by atoms with van der Waals surface area (Å²) in [6, 6.07) is 5.68. The van der Waals surface area contributed by atoms with Crippen molar-refractivity contribution in [3.05, 3.63) is 46.2 Å². The van der Waals surface area contributed by atoms with Crippen LogP contribution in [0.25, 0.3) is 0 Å². The summed E-state index contributed by atoms with van der Waals surface area (Å²) in [6.45, 7) is 2.63. The lowest BCUT2D eigenvalue weighted by Crippen LogP contribution is -2.05. The third-order valence-corrected chi connectivity index (χ3v) is 3.08. The number of hydrogen-bond acceptors (Lipinski definition) is 4. The van der Waals surface area contributed by atoms with Gasteiger partial charge in [0.1, 0.15) is 0 Å². The fourth-order valence-corrected chi connectivity index (χ4v) is 2.03. The van der Waals surface area contributed by atoms with E-state index in [1.807, 2.05) is 18.2 Å². The molecule has 0 spiro atoms. The molecule has 0 atom stereocenters. The van der Waals surface area contributed by atoms with Crippen molar-refractivity contribution in [2.45, 2.75) is 13.5 Å². The molecular weight excluding hydrogens is 310 g/mol. The molecule has 0 unspecified atom stereocenters. The first-order chi connectivity index (χ1) is 9.10. The van der Waals surface area contributed by atoms with Crippen LogP contribution in [0.5, 0.6) is 0 Å². The first-order valence-electron chi connectivity index (χ1n) is 5.83. The standard InChI is InChI=1S/C13H14BrN3O2/c1-2-19-13(18)10-6-16-17(8-10)7-9-3-4-11(14)5-12(9)15/h3-6,8H,2,7,15H2,1H3. The zero-order chi connectivity index (χ0) is 13.8. The van der Waals surface area contributed by atoms with Crippen LogP contribution in [0.2, 0.25) is 0 Å². The number of hydrogen-bond donors (Lipinski definition) is 1. The highest BCUT2D eigenvalue weighted by molar-refractivity contribution is 9.10. The van der Waals surface area contributed by atoms with Crippen LogP contribution < -0.4 is 5.73 Å². The van der Waals surface area contributed by atoms with Crippen molar-refractivity contribution in [2.75, 3.05) is 12.3 Å². The summed E-state index contributed by atoms with van der Waals surface area (Å²) in [5.74, 6) is -0.363. The Labute approximate surface area is 119 Å². The minimum absolute atomic E-state index is 0.351. The first kappa shape index (κ1) is 13.6. The lowest BCUT2D eigenvalue weighted by Gasteiger charge is -2.06. The van der Waals surface area contributed by atoms with Crippen molar-refractivity contribution in [2.24, 2.45) is 0 Å². The number of ether oxygens (including phenoxy) is 1. The SMILES string of the molecule is CCOC(=O)c1cnn(Cc2ccc(Br)cc2N)c1. The Bertz CT molecular complexity index is 595. The molecule has 5 nitrogen and oxygen atoms in total. The zero-order valence-corrected chi connectivity index (χ0v) is 12.1. The van der Waals surface area contributed by atoms with E-state index in [-0.39, 0.29) is 5.97 Å². The third-order valence-electron chi connectivity index (χ3n) is 2.58. The second-order valence-corrected chi connectivity index (χ2v) is 4.91. The highest BCUT2D eigenvalue weighted by atomic mass is 79.9. The number of halogens is 1. The van der Waals surface area contributed by atoms with Crippen LogP contribution in [-0.4, -0.2) is 22.4 Å². The number of rotatable bonds is 4. The van der Waals surface area contributed by atoms with Gasteiger partial charge in [-0.25, -0.2) is 4.79 Å². The van der Waals surface area contributed by atoms with Gasteiger partial charge in [-0.1, -0.05) is 22.0 Å². The van der Waals surface area contributed by atoms with Crippen molar-refractivity contribution in [1.29, 1.82) is 0 Å². The molecule has 0 saturated carbocycles. The first-order valence-corrected chi connectivity index (χ1v) is 6.63. The van der Waals surface area contributed by atoms with E-state index in [4.69, 9.17) is 10.5 Å². The summed E-state index contributed by atoms with van der Waals surface area (Å²) in [6.07, 6.45) is 3.15. The van der Waals surface area contributed by atoms with E-state index < -0.39 is 0 Å². The van der Waals surface area contributed by atoms with Crippen molar-refractivity contribution >= 4 is 27.6 Å². The summed E-state index contributed by atoms with van der Waals surface area (Å²) in [7, 11) is 0. The average Bonchev–Trinajstić information content (AvgIpc) is 2.82. The minimum atomic E-state index is -0.363. The molecule has 100 valence electrons. The average molecular weight is 324 g/mol. The fourth-order valence-electron chi connectivity index (χ4n) is 1.65. The number of aromatic nitrogens is 2. The number of nitrogens with two attached hydrogens (primary N) is 1. The van der Waals surface area contributed by atoms with Gasteiger partial charge in [0.25, 0.3) is 0 Å². The topological polar surface area (TPSA) is 70.1 Å². The molecule has 6 heteroatoms. The van der Waals surface area contributed by atoms with Crippen molar-refractivity contribution in [1.82, 2.24) is 9.78 Å². The summed E-state index contributed by atoms with van der Waals surface area (Å²) < 4.78 is 7.50. The van der Waals surface area contributed by atoms with Gasteiger partial charge >= 0.3 is 5.97 Å². The molecule has 0 aliphatic rings. The van der Waals surface area contributed by atoms with Crippen LogP contribution in [-0.2, 0) is 11.3 Å². The molecule has 19 heavy (non-hydrogen) atoms. The van der Waals surface area contributed by atoms with E-state index in [1.165, 1.54) is 6.20 Å². The van der Waals surface area contributed by atoms with Crippen LogP contribution in [0.1, 0.15) is 22.8 Å². The van der Waals surface area contributed by atoms with Crippen LogP contribution >= 0.6 is 15.9 Å². The van der Waals surface area contributed by atoms with E-state index in [9.17, 15) is 4.79 Å². The molecule has 0 bridgehead atoms. The monoisotopic (exact) mass is 323 g/mol. The summed E-state index contributed by atoms with van der Waals surface area (Å²) >= 11 is 3.36. The number of benzene rings is 1. The second kappa shape index (κ2) is 5.88. The van der Waals surface area contributed by atoms with E-state index in [1.54, 1.807) is 17.8 Å². The van der Waals surface area contributed by atoms with Gasteiger partial charge in [0.05, 0.1) is 24.9 Å². The molecule has 2 aromatic rings. The molecule has 1 aromatic heterocycles. The minimum Gasteiger partial charge on any atom is -0.462 e. The Kier molecular flexibility index (Phi) is 4.21. The van der Waals surface area contributed by atoms with Gasteiger partial charge in [0.2, 0.25) is 0 Å². The Morgan fingerprint density at radius 3 is 3.00 bits per heavy atom. The molecule has 0 radical (unpaired) electrons. The van der Waals surface area contributed by atoms with Gasteiger partial charge in [-0.05, 0) is 24.6 Å². The van der Waals surface area contributed by atoms with Crippen molar-refractivity contribution in [3.63, 3.8) is 0 Å². The molecule has 1 heterocycles. The van der Waals surface area contributed by atoms with Gasteiger partial charge in [-0.2, -0.15) is 5.10 Å². The van der Waals surface area contributed by atoms with Gasteiger partial charge in [0.15, 0.2) is 0 Å². The number of nitrogens with zero attached hydrogens (tertiary/aromatic N) is 2. The molecule has 2 rings (SSSR count). The van der Waals surface area contributed by atoms with Gasteiger partial charge < -0.3 is 10.5 Å². The van der Waals surface area contributed by atoms with Crippen LogP contribution in [0.4, 0.5) is 5.69 Å².